The summed E-state index contributed by atoms with van der Waals surface area (Å²) >= 11 is 0. The van der Waals surface area contributed by atoms with Crippen molar-refractivity contribution in [3.05, 3.63) is 41.0 Å². The fourth-order valence-electron chi connectivity index (χ4n) is 4.00. The van der Waals surface area contributed by atoms with E-state index >= 15 is 0 Å². The molecule has 1 saturated carbocycles. The van der Waals surface area contributed by atoms with Gasteiger partial charge >= 0.3 is 11.8 Å². The molecular formula is C19H17NO4+. The number of carbonyl (C=O) groups excluding carboxylic acids is 3. The van der Waals surface area contributed by atoms with E-state index < -0.39 is 5.91 Å². The number of benzene rings is 2. The summed E-state index contributed by atoms with van der Waals surface area (Å²) in [6.07, 6.45) is 5.23. The van der Waals surface area contributed by atoms with Crippen LogP contribution in [0.1, 0.15) is 63.2 Å². The van der Waals surface area contributed by atoms with Crippen molar-refractivity contribution < 1.29 is 19.5 Å². The number of hydrogen-bond acceptors (Lipinski definition) is 4. The number of phenols is 1. The predicted molar refractivity (Wildman–Crippen MR) is 88.7 cm³/mol. The van der Waals surface area contributed by atoms with Crippen molar-refractivity contribution in [1.82, 2.24) is 4.90 Å². The highest BCUT2D eigenvalue weighted by atomic mass is 16.3. The van der Waals surface area contributed by atoms with Gasteiger partial charge in [-0.15, -0.1) is 0 Å². The van der Waals surface area contributed by atoms with Gasteiger partial charge in [-0.3, -0.25) is 4.79 Å². The van der Waals surface area contributed by atoms with E-state index in [0.717, 1.165) is 32.1 Å². The SMILES string of the molecule is O=Cc1c(O)c2c(c3ccccc13)C(=O)[N+](C1CCCCC1)C2=O. The van der Waals surface area contributed by atoms with Crippen molar-refractivity contribution in [3.8, 4) is 5.75 Å². The fourth-order valence-corrected chi connectivity index (χ4v) is 4.00. The molecular weight excluding hydrogens is 306 g/mol. The molecule has 0 aromatic heterocycles. The lowest BCUT2D eigenvalue weighted by Gasteiger charge is -2.19. The van der Waals surface area contributed by atoms with Gasteiger partial charge in [-0.05, 0) is 23.1 Å². The van der Waals surface area contributed by atoms with Crippen molar-refractivity contribution in [3.63, 3.8) is 0 Å². The minimum Gasteiger partial charge on any atom is -0.506 e. The minimum absolute atomic E-state index is 0.0219. The van der Waals surface area contributed by atoms with Crippen molar-refractivity contribution in [2.24, 2.45) is 0 Å². The number of aldehydes is 1. The second-order valence-corrected chi connectivity index (χ2v) is 6.45. The molecule has 5 heteroatoms. The van der Waals surface area contributed by atoms with Gasteiger partial charge in [0.25, 0.3) is 0 Å². The van der Waals surface area contributed by atoms with Crippen molar-refractivity contribution in [2.45, 2.75) is 38.1 Å². The number of phenolic OH excluding ortho intramolecular Hbond substituents is 1. The Kier molecular flexibility index (Phi) is 3.46. The summed E-state index contributed by atoms with van der Waals surface area (Å²) < 4.78 is 0. The zero-order valence-electron chi connectivity index (χ0n) is 13.1. The lowest BCUT2D eigenvalue weighted by atomic mass is 9.94. The van der Waals surface area contributed by atoms with E-state index in [1.54, 1.807) is 24.3 Å². The highest BCUT2D eigenvalue weighted by Crippen LogP contribution is 2.40. The number of nitrogens with zero attached hydrogens (tertiary/aromatic N) is 1. The van der Waals surface area contributed by atoms with Gasteiger partial charge in [0, 0.05) is 18.2 Å². The lowest BCUT2D eigenvalue weighted by molar-refractivity contribution is 0.0705. The molecule has 2 aliphatic rings. The van der Waals surface area contributed by atoms with Gasteiger partial charge < -0.3 is 5.11 Å². The van der Waals surface area contributed by atoms with E-state index in [1.807, 2.05) is 0 Å². The quantitative estimate of drug-likeness (QED) is 0.523. The summed E-state index contributed by atoms with van der Waals surface area (Å²) in [6.45, 7) is 0. The summed E-state index contributed by atoms with van der Waals surface area (Å²) in [5.74, 6) is -1.21. The number of hydrogen-bond donors (Lipinski definition) is 1. The molecule has 1 aliphatic heterocycles. The fraction of sp³-hybridized carbons (Fsp3) is 0.316. The normalized spacial score (nSPS) is 19.0. The Labute approximate surface area is 138 Å². The zero-order valence-corrected chi connectivity index (χ0v) is 13.1. The van der Waals surface area contributed by atoms with Crippen LogP contribution in [0.15, 0.2) is 24.3 Å². The van der Waals surface area contributed by atoms with Crippen LogP contribution in [-0.4, -0.2) is 29.2 Å². The van der Waals surface area contributed by atoms with Gasteiger partial charge in [-0.2, -0.15) is 0 Å². The number of fused-ring (bicyclic) bond motifs is 3. The Morgan fingerprint density at radius 1 is 0.958 bits per heavy atom. The molecule has 1 fully saturated rings. The molecule has 2 aromatic rings. The lowest BCUT2D eigenvalue weighted by Crippen LogP contribution is -2.46. The standard InChI is InChI=1S/C19H17NO4/c21-10-14-12-8-4-5-9-13(12)15-16(17(14)22)19(24)20(18(15)23)11-6-2-1-3-7-11/h4-5,8-11,22H,1-3,6-7H2/q+1. The monoisotopic (exact) mass is 323 g/mol. The first-order valence-electron chi connectivity index (χ1n) is 8.26. The van der Waals surface area contributed by atoms with Gasteiger partial charge in [-0.25, -0.2) is 9.59 Å². The Hall–Kier alpha value is -2.53. The topological polar surface area (TPSA) is 77.3 Å². The Bertz CT molecular complexity index is 881. The molecule has 5 nitrogen and oxygen atoms in total. The van der Waals surface area contributed by atoms with Crippen LogP contribution >= 0.6 is 0 Å². The van der Waals surface area contributed by atoms with E-state index in [0.29, 0.717) is 17.1 Å². The van der Waals surface area contributed by atoms with Crippen LogP contribution < -0.4 is 4.90 Å². The molecule has 2 aromatic carbocycles. The largest absolute Gasteiger partial charge is 0.506 e. The maximum absolute atomic E-state index is 13.0. The van der Waals surface area contributed by atoms with E-state index in [9.17, 15) is 19.5 Å². The maximum Gasteiger partial charge on any atom is 0.406 e. The molecule has 2 amide bonds. The average molecular weight is 323 g/mol. The van der Waals surface area contributed by atoms with E-state index in [-0.39, 0.29) is 34.4 Å². The Morgan fingerprint density at radius 3 is 2.25 bits per heavy atom. The second-order valence-electron chi connectivity index (χ2n) is 6.45. The van der Waals surface area contributed by atoms with Crippen LogP contribution in [0, 0.1) is 0 Å². The molecule has 4 rings (SSSR count). The van der Waals surface area contributed by atoms with Gasteiger partial charge in [0.15, 0.2) is 12.3 Å². The van der Waals surface area contributed by atoms with E-state index in [2.05, 4.69) is 0 Å². The van der Waals surface area contributed by atoms with E-state index in [4.69, 9.17) is 0 Å². The van der Waals surface area contributed by atoms with Crippen LogP contribution in [0.2, 0.25) is 0 Å². The molecule has 1 N–H and O–H groups in total. The number of imide groups is 1. The highest BCUT2D eigenvalue weighted by Gasteiger charge is 2.54. The van der Waals surface area contributed by atoms with Crippen LogP contribution in [0.5, 0.6) is 5.75 Å². The smallest absolute Gasteiger partial charge is 0.406 e. The molecule has 0 spiro atoms. The third kappa shape index (κ3) is 1.94. The molecule has 1 radical (unpaired) electrons. The summed E-state index contributed by atoms with van der Waals surface area (Å²) in [6, 6.07) is 6.77. The first-order valence-corrected chi connectivity index (χ1v) is 8.26. The predicted octanol–water partition coefficient (Wildman–Crippen LogP) is 3.12. The van der Waals surface area contributed by atoms with Gasteiger partial charge in [0.2, 0.25) is 0 Å². The van der Waals surface area contributed by atoms with Gasteiger partial charge in [-0.1, -0.05) is 30.7 Å². The molecule has 1 heterocycles. The molecule has 0 saturated heterocycles. The Morgan fingerprint density at radius 2 is 1.58 bits per heavy atom. The number of amides is 2. The van der Waals surface area contributed by atoms with Crippen molar-refractivity contribution in [1.29, 1.82) is 0 Å². The van der Waals surface area contributed by atoms with Crippen molar-refractivity contribution >= 4 is 28.9 Å². The van der Waals surface area contributed by atoms with Crippen LogP contribution in [0.3, 0.4) is 0 Å². The molecule has 0 bridgehead atoms. The van der Waals surface area contributed by atoms with Gasteiger partial charge in [0.05, 0.1) is 5.56 Å². The molecule has 1 aliphatic carbocycles. The zero-order chi connectivity index (χ0) is 16.8. The molecule has 0 atom stereocenters. The van der Waals surface area contributed by atoms with Crippen molar-refractivity contribution in [2.75, 3.05) is 0 Å². The highest BCUT2D eigenvalue weighted by molar-refractivity contribution is 6.31. The third-order valence-corrected chi connectivity index (χ3v) is 5.15. The summed E-state index contributed by atoms with van der Waals surface area (Å²) in [4.78, 5) is 38.6. The van der Waals surface area contributed by atoms with Crippen LogP contribution in [0.4, 0.5) is 0 Å². The summed E-state index contributed by atoms with van der Waals surface area (Å²) in [5.41, 5.74) is 0.270. The number of rotatable bonds is 2. The first-order chi connectivity index (χ1) is 11.6. The number of carbonyl (C=O) groups is 3. The molecule has 121 valence electrons. The van der Waals surface area contributed by atoms with Crippen LogP contribution in [-0.2, 0) is 0 Å². The number of aromatic hydroxyl groups is 1. The van der Waals surface area contributed by atoms with Gasteiger partial charge in [0.1, 0.15) is 16.9 Å². The maximum atomic E-state index is 13.0. The molecule has 24 heavy (non-hydrogen) atoms. The first kappa shape index (κ1) is 15.0. The molecule has 0 unspecified atom stereocenters. The Balaban J connectivity index is 1.96. The average Bonchev–Trinajstić information content (AvgIpc) is 2.87. The third-order valence-electron chi connectivity index (χ3n) is 5.15. The second kappa shape index (κ2) is 5.53. The summed E-state index contributed by atoms with van der Waals surface area (Å²) in [7, 11) is 0. The van der Waals surface area contributed by atoms with Crippen LogP contribution in [0.25, 0.3) is 10.8 Å². The summed E-state index contributed by atoms with van der Waals surface area (Å²) in [5, 5.41) is 11.5. The van der Waals surface area contributed by atoms with E-state index in [1.165, 1.54) is 4.90 Å². The minimum atomic E-state index is -0.478.